The zero-order valence-electron chi connectivity index (χ0n) is 13.7. The van der Waals surface area contributed by atoms with E-state index >= 15 is 0 Å². The van der Waals surface area contributed by atoms with Gasteiger partial charge in [-0.25, -0.2) is 4.79 Å². The molecule has 9 heteroatoms. The van der Waals surface area contributed by atoms with E-state index in [1.54, 1.807) is 0 Å². The van der Waals surface area contributed by atoms with Crippen LogP contribution in [0.4, 0.5) is 18.0 Å². The largest absolute Gasteiger partial charge is 0.465 e. The van der Waals surface area contributed by atoms with Crippen LogP contribution in [-0.2, 0) is 6.18 Å². The molecule has 0 aliphatic rings. The van der Waals surface area contributed by atoms with Crippen molar-refractivity contribution in [2.45, 2.75) is 38.1 Å². The van der Waals surface area contributed by atoms with Gasteiger partial charge in [0.05, 0.1) is 17.0 Å². The maximum Gasteiger partial charge on any atom is 0.416 e. The molecule has 2 rings (SSSR count). The highest BCUT2D eigenvalue weighted by Gasteiger charge is 2.33. The summed E-state index contributed by atoms with van der Waals surface area (Å²) in [5.74, 6) is 0.605. The summed E-state index contributed by atoms with van der Waals surface area (Å²) in [6, 6.07) is 0.556. The van der Waals surface area contributed by atoms with Crippen LogP contribution in [0.15, 0.2) is 26.4 Å². The van der Waals surface area contributed by atoms with E-state index in [1.165, 1.54) is 25.6 Å². The number of benzene rings is 1. The number of fused-ring (bicyclic) bond motifs is 1. The maximum atomic E-state index is 13.2. The van der Waals surface area contributed by atoms with E-state index in [4.69, 9.17) is 9.52 Å². The lowest BCUT2D eigenvalue weighted by molar-refractivity contribution is -0.137. The molecule has 1 unspecified atom stereocenters. The fraction of sp³-hybridized carbons (Fsp3) is 0.375. The standard InChI is InChI=1S/C16H16F3NO4S/c1-4-25-14-7(2)12(21)11-6-9(16(17,18)19)5-10(13(11)24-14)8(3)20-15(22)23/h5-6,8,20H,4H2,1-3H3,(H,22,23). The molecule has 0 spiro atoms. The molecule has 1 heterocycles. The summed E-state index contributed by atoms with van der Waals surface area (Å²) < 4.78 is 45.2. The lowest BCUT2D eigenvalue weighted by Gasteiger charge is -2.17. The van der Waals surface area contributed by atoms with E-state index in [0.29, 0.717) is 10.8 Å². The van der Waals surface area contributed by atoms with Crippen molar-refractivity contribution in [3.63, 3.8) is 0 Å². The first-order chi connectivity index (χ1) is 11.6. The normalized spacial score (nSPS) is 13.0. The Morgan fingerprint density at radius 2 is 2.04 bits per heavy atom. The summed E-state index contributed by atoms with van der Waals surface area (Å²) >= 11 is 1.25. The van der Waals surface area contributed by atoms with Crippen LogP contribution >= 0.6 is 11.8 Å². The molecule has 0 aliphatic carbocycles. The zero-order valence-corrected chi connectivity index (χ0v) is 14.5. The molecular formula is C16H16F3NO4S. The van der Waals surface area contributed by atoms with Crippen LogP contribution in [0.1, 0.15) is 36.6 Å². The van der Waals surface area contributed by atoms with Crippen molar-refractivity contribution in [3.05, 3.63) is 39.0 Å². The highest BCUT2D eigenvalue weighted by molar-refractivity contribution is 7.99. The van der Waals surface area contributed by atoms with Gasteiger partial charge in [0.1, 0.15) is 5.58 Å². The van der Waals surface area contributed by atoms with E-state index in [1.807, 2.05) is 6.92 Å². The predicted molar refractivity (Wildman–Crippen MR) is 88.2 cm³/mol. The Morgan fingerprint density at radius 3 is 2.56 bits per heavy atom. The summed E-state index contributed by atoms with van der Waals surface area (Å²) in [4.78, 5) is 23.4. The van der Waals surface area contributed by atoms with E-state index < -0.39 is 29.3 Å². The molecule has 136 valence electrons. The number of halogens is 3. The summed E-state index contributed by atoms with van der Waals surface area (Å²) in [7, 11) is 0. The second-order valence-electron chi connectivity index (χ2n) is 5.39. The zero-order chi connectivity index (χ0) is 18.9. The molecule has 0 fully saturated rings. The molecule has 0 bridgehead atoms. The lowest BCUT2D eigenvalue weighted by Crippen LogP contribution is -2.25. The number of carbonyl (C=O) groups is 1. The van der Waals surface area contributed by atoms with Crippen molar-refractivity contribution in [1.82, 2.24) is 5.32 Å². The first-order valence-corrected chi connectivity index (χ1v) is 8.35. The van der Waals surface area contributed by atoms with E-state index in [0.717, 1.165) is 12.1 Å². The van der Waals surface area contributed by atoms with Gasteiger partial charge in [0.25, 0.3) is 0 Å². The highest BCUT2D eigenvalue weighted by atomic mass is 32.2. The first-order valence-electron chi connectivity index (χ1n) is 7.37. The summed E-state index contributed by atoms with van der Waals surface area (Å²) in [5, 5.41) is 11.0. The molecule has 1 atom stereocenters. The smallest absolute Gasteiger partial charge is 0.416 e. The van der Waals surface area contributed by atoms with Gasteiger partial charge in [0.2, 0.25) is 0 Å². The van der Waals surface area contributed by atoms with Gasteiger partial charge in [-0.3, -0.25) is 4.79 Å². The predicted octanol–water partition coefficient (Wildman–Crippen LogP) is 4.56. The number of hydrogen-bond acceptors (Lipinski definition) is 4. The van der Waals surface area contributed by atoms with Crippen LogP contribution in [0.3, 0.4) is 0 Å². The Labute approximate surface area is 145 Å². The summed E-state index contributed by atoms with van der Waals surface area (Å²) in [6.07, 6.45) is -6.07. The van der Waals surface area contributed by atoms with Gasteiger partial charge in [0, 0.05) is 11.1 Å². The third kappa shape index (κ3) is 3.92. The van der Waals surface area contributed by atoms with Gasteiger partial charge >= 0.3 is 12.3 Å². The topological polar surface area (TPSA) is 79.5 Å². The van der Waals surface area contributed by atoms with Gasteiger partial charge in [0.15, 0.2) is 10.5 Å². The van der Waals surface area contributed by atoms with Gasteiger partial charge in [-0.15, -0.1) is 0 Å². The van der Waals surface area contributed by atoms with E-state index in [2.05, 4.69) is 5.32 Å². The second kappa shape index (κ2) is 6.99. The van der Waals surface area contributed by atoms with E-state index in [9.17, 15) is 22.8 Å². The third-order valence-corrected chi connectivity index (χ3v) is 4.55. The maximum absolute atomic E-state index is 13.2. The fourth-order valence-electron chi connectivity index (χ4n) is 2.41. The average molecular weight is 375 g/mol. The van der Waals surface area contributed by atoms with E-state index in [-0.39, 0.29) is 22.1 Å². The Kier molecular flexibility index (Phi) is 5.36. The minimum Gasteiger partial charge on any atom is -0.465 e. The molecule has 0 aliphatic heterocycles. The molecule has 5 nitrogen and oxygen atoms in total. The number of thioether (sulfide) groups is 1. The summed E-state index contributed by atoms with van der Waals surface area (Å²) in [5.41, 5.74) is -1.45. The highest BCUT2D eigenvalue weighted by Crippen LogP contribution is 2.36. The quantitative estimate of drug-likeness (QED) is 0.766. The van der Waals surface area contributed by atoms with Crippen LogP contribution in [0.25, 0.3) is 11.0 Å². The Morgan fingerprint density at radius 1 is 1.40 bits per heavy atom. The molecule has 0 radical (unpaired) electrons. The molecule has 25 heavy (non-hydrogen) atoms. The van der Waals surface area contributed by atoms with Crippen LogP contribution in [0.2, 0.25) is 0 Å². The van der Waals surface area contributed by atoms with Crippen molar-refractivity contribution in [2.24, 2.45) is 0 Å². The number of alkyl halides is 3. The van der Waals surface area contributed by atoms with Crippen molar-refractivity contribution in [1.29, 1.82) is 0 Å². The number of carboxylic acid groups (broad SMARTS) is 1. The minimum absolute atomic E-state index is 0.0396. The lowest BCUT2D eigenvalue weighted by atomic mass is 10.00. The monoisotopic (exact) mass is 375 g/mol. The van der Waals surface area contributed by atoms with Crippen molar-refractivity contribution in [2.75, 3.05) is 5.75 Å². The van der Waals surface area contributed by atoms with Crippen molar-refractivity contribution < 1.29 is 27.5 Å². The Hall–Kier alpha value is -2.16. The number of nitrogens with one attached hydrogen (secondary N) is 1. The van der Waals surface area contributed by atoms with Crippen molar-refractivity contribution in [3.8, 4) is 0 Å². The molecule has 1 amide bonds. The third-order valence-electron chi connectivity index (χ3n) is 3.61. The van der Waals surface area contributed by atoms with Gasteiger partial charge in [-0.2, -0.15) is 13.2 Å². The molecule has 2 aromatic rings. The number of rotatable bonds is 4. The molecular weight excluding hydrogens is 359 g/mol. The summed E-state index contributed by atoms with van der Waals surface area (Å²) in [6.45, 7) is 4.72. The van der Waals surface area contributed by atoms with Crippen LogP contribution in [0.5, 0.6) is 0 Å². The number of amides is 1. The second-order valence-corrected chi connectivity index (χ2v) is 6.62. The Balaban J connectivity index is 2.86. The van der Waals surface area contributed by atoms with Gasteiger partial charge in [-0.1, -0.05) is 18.7 Å². The molecule has 1 aromatic carbocycles. The molecule has 2 N–H and O–H groups in total. The average Bonchev–Trinajstić information content (AvgIpc) is 2.50. The fourth-order valence-corrected chi connectivity index (χ4v) is 3.13. The number of hydrogen-bond donors (Lipinski definition) is 2. The van der Waals surface area contributed by atoms with Gasteiger partial charge in [-0.05, 0) is 31.7 Å². The molecule has 0 saturated carbocycles. The van der Waals surface area contributed by atoms with Crippen molar-refractivity contribution >= 4 is 28.8 Å². The van der Waals surface area contributed by atoms with Crippen LogP contribution < -0.4 is 10.7 Å². The van der Waals surface area contributed by atoms with Crippen LogP contribution in [-0.4, -0.2) is 17.0 Å². The first kappa shape index (κ1) is 19.2. The van der Waals surface area contributed by atoms with Crippen LogP contribution in [0, 0.1) is 6.92 Å². The van der Waals surface area contributed by atoms with Gasteiger partial charge < -0.3 is 14.8 Å². The molecule has 1 aromatic heterocycles. The minimum atomic E-state index is -4.68. The SMILES string of the molecule is CCSc1oc2c(C(C)NC(=O)O)cc(C(F)(F)F)cc2c(=O)c1C. The molecule has 0 saturated heterocycles. The Bertz CT molecular complexity index is 876.